The van der Waals surface area contributed by atoms with Crippen LogP contribution in [0.2, 0.25) is 0 Å². The third-order valence-corrected chi connectivity index (χ3v) is 4.75. The van der Waals surface area contributed by atoms with E-state index in [1.165, 1.54) is 4.90 Å². The monoisotopic (exact) mass is 493 g/mol. The lowest BCUT2D eigenvalue weighted by atomic mass is 10.1. The standard InChI is InChI=1S/C19H17F6N5O4/c20-18(21,22)14-13(15(31)27-10-1-3-12(4-2-10)34-19(23,24)25)9-26-16(29-14)28-11-5-7-30(8-6-11)17(32)33/h1-4,9,11H,5-8H2,(H,27,31)(H,32,33)(H,26,28,29). The van der Waals surface area contributed by atoms with Crippen LogP contribution in [0, 0.1) is 0 Å². The molecule has 0 spiro atoms. The molecule has 0 atom stereocenters. The van der Waals surface area contributed by atoms with Gasteiger partial charge in [0.1, 0.15) is 5.75 Å². The molecular formula is C19H17F6N5O4. The number of carbonyl (C=O) groups excluding carboxylic acids is 1. The summed E-state index contributed by atoms with van der Waals surface area (Å²) in [6.07, 6.45) is -9.69. The van der Waals surface area contributed by atoms with Crippen molar-refractivity contribution < 1.29 is 45.8 Å². The Kier molecular flexibility index (Phi) is 7.02. The highest BCUT2D eigenvalue weighted by atomic mass is 19.4. The highest BCUT2D eigenvalue weighted by molar-refractivity contribution is 6.05. The summed E-state index contributed by atoms with van der Waals surface area (Å²) < 4.78 is 81.0. The maximum atomic E-state index is 13.6. The first-order valence-electron chi connectivity index (χ1n) is 9.67. The number of likely N-dealkylation sites (tertiary alicyclic amines) is 1. The maximum absolute atomic E-state index is 13.6. The van der Waals surface area contributed by atoms with E-state index in [1.807, 2.05) is 0 Å². The van der Waals surface area contributed by atoms with Gasteiger partial charge in [-0.15, -0.1) is 13.2 Å². The van der Waals surface area contributed by atoms with Crippen molar-refractivity contribution in [2.24, 2.45) is 0 Å². The topological polar surface area (TPSA) is 117 Å². The molecule has 3 rings (SSSR count). The molecule has 2 heterocycles. The quantitative estimate of drug-likeness (QED) is 0.535. The van der Waals surface area contributed by atoms with Gasteiger partial charge in [-0.2, -0.15) is 13.2 Å². The summed E-state index contributed by atoms with van der Waals surface area (Å²) in [6.45, 7) is 0.374. The average molecular weight is 493 g/mol. The third kappa shape index (κ3) is 6.62. The molecule has 34 heavy (non-hydrogen) atoms. The number of hydrogen-bond donors (Lipinski definition) is 3. The largest absolute Gasteiger partial charge is 0.573 e. The molecule has 0 bridgehead atoms. The number of benzene rings is 1. The van der Waals surface area contributed by atoms with Gasteiger partial charge < -0.3 is 25.4 Å². The van der Waals surface area contributed by atoms with Gasteiger partial charge in [-0.1, -0.05) is 0 Å². The third-order valence-electron chi connectivity index (χ3n) is 4.75. The lowest BCUT2D eigenvalue weighted by Crippen LogP contribution is -2.42. The Hall–Kier alpha value is -3.78. The minimum absolute atomic E-state index is 0.0833. The van der Waals surface area contributed by atoms with Gasteiger partial charge in [0.15, 0.2) is 5.69 Å². The van der Waals surface area contributed by atoms with Gasteiger partial charge in [0.05, 0.1) is 5.56 Å². The van der Waals surface area contributed by atoms with Crippen LogP contribution in [-0.4, -0.2) is 57.5 Å². The first-order chi connectivity index (χ1) is 15.8. The molecule has 1 aromatic heterocycles. The van der Waals surface area contributed by atoms with Crippen LogP contribution in [0.5, 0.6) is 5.75 Å². The van der Waals surface area contributed by atoms with Crippen molar-refractivity contribution in [1.82, 2.24) is 14.9 Å². The smallest absolute Gasteiger partial charge is 0.465 e. The number of nitrogens with one attached hydrogen (secondary N) is 2. The summed E-state index contributed by atoms with van der Waals surface area (Å²) in [4.78, 5) is 31.7. The number of carboxylic acid groups (broad SMARTS) is 1. The molecule has 1 saturated heterocycles. The predicted octanol–water partition coefficient (Wildman–Crippen LogP) is 4.20. The van der Waals surface area contributed by atoms with Crippen molar-refractivity contribution in [3.63, 3.8) is 0 Å². The van der Waals surface area contributed by atoms with Crippen molar-refractivity contribution in [2.45, 2.75) is 31.4 Å². The van der Waals surface area contributed by atoms with Crippen LogP contribution in [0.4, 0.5) is 42.8 Å². The number of aromatic nitrogens is 2. The van der Waals surface area contributed by atoms with E-state index in [0.717, 1.165) is 24.3 Å². The van der Waals surface area contributed by atoms with Crippen LogP contribution in [0.15, 0.2) is 30.5 Å². The fourth-order valence-electron chi connectivity index (χ4n) is 3.17. The van der Waals surface area contributed by atoms with Crippen LogP contribution < -0.4 is 15.4 Å². The molecule has 15 heteroatoms. The molecule has 2 amide bonds. The van der Waals surface area contributed by atoms with E-state index < -0.39 is 41.5 Å². The fourth-order valence-corrected chi connectivity index (χ4v) is 3.17. The molecule has 0 aliphatic carbocycles. The molecule has 2 aromatic rings. The van der Waals surface area contributed by atoms with Gasteiger partial charge in [0, 0.05) is 31.0 Å². The Labute approximate surface area is 187 Å². The average Bonchev–Trinajstić information content (AvgIpc) is 2.74. The summed E-state index contributed by atoms with van der Waals surface area (Å²) in [5.74, 6) is -2.18. The minimum Gasteiger partial charge on any atom is -0.465 e. The number of hydrogen-bond acceptors (Lipinski definition) is 6. The summed E-state index contributed by atoms with van der Waals surface area (Å²) in [5, 5.41) is 13.8. The van der Waals surface area contributed by atoms with E-state index >= 15 is 0 Å². The maximum Gasteiger partial charge on any atom is 0.573 e. The number of piperidine rings is 1. The molecular weight excluding hydrogens is 476 g/mol. The van der Waals surface area contributed by atoms with Crippen molar-refractivity contribution in [1.29, 1.82) is 0 Å². The number of alkyl halides is 6. The Morgan fingerprint density at radius 2 is 1.68 bits per heavy atom. The van der Waals surface area contributed by atoms with Gasteiger partial charge >= 0.3 is 18.6 Å². The van der Waals surface area contributed by atoms with Gasteiger partial charge in [0.25, 0.3) is 5.91 Å². The number of ether oxygens (including phenoxy) is 1. The molecule has 1 aliphatic heterocycles. The minimum atomic E-state index is -5.01. The van der Waals surface area contributed by atoms with Gasteiger partial charge in [0.2, 0.25) is 5.95 Å². The number of amides is 2. The summed E-state index contributed by atoms with van der Waals surface area (Å²) in [7, 11) is 0. The van der Waals surface area contributed by atoms with Crippen molar-refractivity contribution in [3.05, 3.63) is 41.7 Å². The first kappa shape index (κ1) is 24.9. The van der Waals surface area contributed by atoms with Gasteiger partial charge in [-0.25, -0.2) is 14.8 Å². The molecule has 9 nitrogen and oxygen atoms in total. The molecule has 1 fully saturated rings. The highest BCUT2D eigenvalue weighted by Gasteiger charge is 2.38. The summed E-state index contributed by atoms with van der Waals surface area (Å²) in [5.41, 5.74) is -2.49. The van der Waals surface area contributed by atoms with E-state index in [9.17, 15) is 35.9 Å². The van der Waals surface area contributed by atoms with Crippen LogP contribution in [0.25, 0.3) is 0 Å². The Bertz CT molecular complexity index is 1040. The number of anilines is 2. The zero-order valence-electron chi connectivity index (χ0n) is 17.1. The van der Waals surface area contributed by atoms with E-state index in [2.05, 4.69) is 25.3 Å². The lowest BCUT2D eigenvalue weighted by molar-refractivity contribution is -0.274. The lowest BCUT2D eigenvalue weighted by Gasteiger charge is -2.30. The van der Waals surface area contributed by atoms with Gasteiger partial charge in [-0.3, -0.25) is 4.79 Å². The van der Waals surface area contributed by atoms with E-state index in [-0.39, 0.29) is 30.8 Å². The highest BCUT2D eigenvalue weighted by Crippen LogP contribution is 2.32. The van der Waals surface area contributed by atoms with Crippen LogP contribution in [0.3, 0.4) is 0 Å². The molecule has 0 radical (unpaired) electrons. The molecule has 0 saturated carbocycles. The zero-order chi connectivity index (χ0) is 25.1. The molecule has 1 aliphatic rings. The van der Waals surface area contributed by atoms with Crippen LogP contribution in [0.1, 0.15) is 28.9 Å². The van der Waals surface area contributed by atoms with Crippen molar-refractivity contribution in [3.8, 4) is 5.75 Å². The van der Waals surface area contributed by atoms with Gasteiger partial charge in [-0.05, 0) is 37.1 Å². The Morgan fingerprint density at radius 3 is 2.21 bits per heavy atom. The number of halogens is 6. The van der Waals surface area contributed by atoms with Crippen molar-refractivity contribution in [2.75, 3.05) is 23.7 Å². The van der Waals surface area contributed by atoms with Crippen LogP contribution in [-0.2, 0) is 6.18 Å². The number of nitrogens with zero attached hydrogens (tertiary/aromatic N) is 3. The van der Waals surface area contributed by atoms with E-state index in [4.69, 9.17) is 5.11 Å². The van der Waals surface area contributed by atoms with Crippen LogP contribution >= 0.6 is 0 Å². The molecule has 184 valence electrons. The number of rotatable bonds is 5. The first-order valence-corrected chi connectivity index (χ1v) is 9.67. The van der Waals surface area contributed by atoms with E-state index in [0.29, 0.717) is 19.0 Å². The Morgan fingerprint density at radius 1 is 1.06 bits per heavy atom. The molecule has 1 aromatic carbocycles. The second kappa shape index (κ2) is 9.61. The van der Waals surface area contributed by atoms with E-state index in [1.54, 1.807) is 0 Å². The fraction of sp³-hybridized carbons (Fsp3) is 0.368. The number of carbonyl (C=O) groups is 2. The normalized spacial score (nSPS) is 15.1. The van der Waals surface area contributed by atoms with Crippen molar-refractivity contribution >= 4 is 23.6 Å². The Balaban J connectivity index is 1.72. The summed E-state index contributed by atoms with van der Waals surface area (Å²) in [6, 6.07) is 3.44. The predicted molar refractivity (Wildman–Crippen MR) is 104 cm³/mol. The second-order valence-corrected chi connectivity index (χ2v) is 7.17. The molecule has 0 unspecified atom stereocenters. The summed E-state index contributed by atoms with van der Waals surface area (Å²) >= 11 is 0. The second-order valence-electron chi connectivity index (χ2n) is 7.17. The SMILES string of the molecule is O=C(Nc1ccc(OC(F)(F)F)cc1)c1cnc(NC2CCN(C(=O)O)CC2)nc1C(F)(F)F. The molecule has 3 N–H and O–H groups in total. The zero-order valence-corrected chi connectivity index (χ0v) is 17.1.